The second-order valence-electron chi connectivity index (χ2n) is 9.46. The van der Waals surface area contributed by atoms with Crippen molar-refractivity contribution in [3.05, 3.63) is 12.2 Å². The molecule has 0 unspecified atom stereocenters. The molecule has 2 N–H and O–H groups in total. The van der Waals surface area contributed by atoms with Gasteiger partial charge in [-0.25, -0.2) is 9.59 Å². The average Bonchev–Trinajstić information content (AvgIpc) is 2.86. The highest BCUT2D eigenvalue weighted by atomic mass is 79.9. The Morgan fingerprint density at radius 2 is 0.943 bits per heavy atom. The molecule has 2 amide bonds. The number of hydrogen-bond donors (Lipinski definition) is 2. The summed E-state index contributed by atoms with van der Waals surface area (Å²) in [4.78, 5) is 23.3. The lowest BCUT2D eigenvalue weighted by Gasteiger charge is -2.10. The second kappa shape index (κ2) is 27.3. The number of alkyl carbamates (subject to hydrolysis) is 2. The second-order valence-corrected chi connectivity index (χ2v) is 10.2. The largest absolute Gasteiger partial charge is 0.445 e. The molecule has 0 rings (SSSR count). The van der Waals surface area contributed by atoms with E-state index >= 15 is 0 Å². The minimum atomic E-state index is -0.478. The maximum Gasteiger partial charge on any atom is 0.407 e. The zero-order valence-electron chi connectivity index (χ0n) is 22.5. The van der Waals surface area contributed by atoms with E-state index in [4.69, 9.17) is 9.47 Å². The number of nitrogens with one attached hydrogen (secondary N) is 2. The van der Waals surface area contributed by atoms with Gasteiger partial charge in [-0.2, -0.15) is 0 Å². The van der Waals surface area contributed by atoms with Gasteiger partial charge < -0.3 is 20.1 Å². The Labute approximate surface area is 223 Å². The number of carbonyl (C=O) groups excluding carboxylic acids is 2. The minimum absolute atomic E-state index is 0.0384. The van der Waals surface area contributed by atoms with E-state index in [1.807, 2.05) is 0 Å². The smallest absolute Gasteiger partial charge is 0.407 e. The highest BCUT2D eigenvalue weighted by Gasteiger charge is 2.06. The third-order valence-electron chi connectivity index (χ3n) is 5.94. The number of ether oxygens (including phenoxy) is 2. The molecule has 0 bridgehead atoms. The first kappa shape index (κ1) is 33.8. The van der Waals surface area contributed by atoms with Gasteiger partial charge in [0.2, 0.25) is 0 Å². The van der Waals surface area contributed by atoms with Crippen LogP contribution < -0.4 is 10.6 Å². The molecule has 0 saturated carbocycles. The topological polar surface area (TPSA) is 76.7 Å². The van der Waals surface area contributed by atoms with E-state index in [1.54, 1.807) is 0 Å². The first-order valence-electron chi connectivity index (χ1n) is 14.1. The fraction of sp³-hybridized carbons (Fsp3) is 0.857. The molecule has 206 valence electrons. The predicted octanol–water partition coefficient (Wildman–Crippen LogP) is 8.43. The van der Waals surface area contributed by atoms with Gasteiger partial charge >= 0.3 is 12.2 Å². The zero-order chi connectivity index (χ0) is 25.8. The van der Waals surface area contributed by atoms with Crippen molar-refractivity contribution in [3.8, 4) is 0 Å². The third kappa shape index (κ3) is 27.2. The number of hydrogen-bond acceptors (Lipinski definition) is 4. The molecule has 0 saturated heterocycles. The molecule has 0 radical (unpaired) electrons. The summed E-state index contributed by atoms with van der Waals surface area (Å²) in [6, 6.07) is 0. The summed E-state index contributed by atoms with van der Waals surface area (Å²) in [6.45, 7) is 7.33. The van der Waals surface area contributed by atoms with Crippen LogP contribution in [0.5, 0.6) is 0 Å². The van der Waals surface area contributed by atoms with E-state index in [0.29, 0.717) is 18.7 Å². The fourth-order valence-corrected chi connectivity index (χ4v) is 4.15. The lowest BCUT2D eigenvalue weighted by molar-refractivity contribution is 0.139. The number of halogens is 1. The van der Waals surface area contributed by atoms with E-state index in [0.717, 1.165) is 31.0 Å². The van der Waals surface area contributed by atoms with Crippen molar-refractivity contribution >= 4 is 28.1 Å². The fourth-order valence-electron chi connectivity index (χ4n) is 3.75. The van der Waals surface area contributed by atoms with Gasteiger partial charge in [-0.05, 0) is 24.8 Å². The van der Waals surface area contributed by atoms with E-state index in [2.05, 4.69) is 40.1 Å². The Bertz CT molecular complexity index is 517. The number of alkyl halides is 1. The first-order valence-corrected chi connectivity index (χ1v) is 15.3. The summed E-state index contributed by atoms with van der Waals surface area (Å²) in [5.74, 6) is 0. The van der Waals surface area contributed by atoms with Gasteiger partial charge in [0.05, 0.1) is 0 Å². The van der Waals surface area contributed by atoms with Crippen molar-refractivity contribution in [2.24, 2.45) is 0 Å². The van der Waals surface area contributed by atoms with Crippen LogP contribution in [0.3, 0.4) is 0 Å². The molecular formula is C28H53BrN2O4. The lowest BCUT2D eigenvalue weighted by atomic mass is 10.0. The predicted molar refractivity (Wildman–Crippen MR) is 150 cm³/mol. The number of unbranched alkanes of at least 4 members (excludes halogenated alkanes) is 16. The Kier molecular flexibility index (Phi) is 26.4. The van der Waals surface area contributed by atoms with Crippen molar-refractivity contribution in [1.29, 1.82) is 0 Å². The van der Waals surface area contributed by atoms with Crippen LogP contribution in [0.4, 0.5) is 9.59 Å². The van der Waals surface area contributed by atoms with Gasteiger partial charge in [0.15, 0.2) is 0 Å². The van der Waals surface area contributed by atoms with Gasteiger partial charge in [0.1, 0.15) is 13.2 Å². The molecule has 0 heterocycles. The Morgan fingerprint density at radius 3 is 1.31 bits per heavy atom. The number of rotatable bonds is 25. The van der Waals surface area contributed by atoms with Crippen LogP contribution in [-0.2, 0) is 9.47 Å². The van der Waals surface area contributed by atoms with Crippen molar-refractivity contribution in [2.45, 2.75) is 122 Å². The summed E-state index contributed by atoms with van der Waals surface area (Å²) < 4.78 is 10.2. The minimum Gasteiger partial charge on any atom is -0.445 e. The Morgan fingerprint density at radius 1 is 0.600 bits per heavy atom. The molecule has 35 heavy (non-hydrogen) atoms. The molecule has 0 atom stereocenters. The van der Waals surface area contributed by atoms with Crippen molar-refractivity contribution in [1.82, 2.24) is 10.6 Å². The molecule has 0 aliphatic heterocycles. The lowest BCUT2D eigenvalue weighted by Crippen LogP contribution is -2.28. The SMILES string of the molecule is C=C(COC(=O)NCCCCBr)COC(=O)NCCCCCCCCCCCCCCCCCC. The van der Waals surface area contributed by atoms with Crippen LogP contribution in [0, 0.1) is 0 Å². The summed E-state index contributed by atoms with van der Waals surface area (Å²) in [7, 11) is 0. The molecular weight excluding hydrogens is 508 g/mol. The highest BCUT2D eigenvalue weighted by Crippen LogP contribution is 2.13. The molecule has 0 fully saturated rings. The zero-order valence-corrected chi connectivity index (χ0v) is 24.1. The van der Waals surface area contributed by atoms with Crippen LogP contribution in [0.1, 0.15) is 122 Å². The summed E-state index contributed by atoms with van der Waals surface area (Å²) >= 11 is 3.34. The maximum absolute atomic E-state index is 11.8. The molecule has 0 aromatic rings. The molecule has 0 aliphatic rings. The summed E-state index contributed by atoms with van der Waals surface area (Å²) in [6.07, 6.45) is 22.3. The molecule has 0 aliphatic carbocycles. The van der Waals surface area contributed by atoms with Crippen molar-refractivity contribution < 1.29 is 19.1 Å². The van der Waals surface area contributed by atoms with E-state index in [-0.39, 0.29) is 13.2 Å². The van der Waals surface area contributed by atoms with Crippen LogP contribution in [0.25, 0.3) is 0 Å². The molecule has 6 nitrogen and oxygen atoms in total. The summed E-state index contributed by atoms with van der Waals surface area (Å²) in [5, 5.41) is 6.35. The van der Waals surface area contributed by atoms with Gasteiger partial charge in [0.25, 0.3) is 0 Å². The van der Waals surface area contributed by atoms with Gasteiger partial charge in [-0.15, -0.1) is 0 Å². The molecule has 0 spiro atoms. The van der Waals surface area contributed by atoms with Crippen LogP contribution in [0.2, 0.25) is 0 Å². The van der Waals surface area contributed by atoms with E-state index in [9.17, 15) is 9.59 Å². The molecule has 7 heteroatoms. The number of amides is 2. The van der Waals surface area contributed by atoms with Crippen molar-refractivity contribution in [3.63, 3.8) is 0 Å². The Balaban J connectivity index is 3.34. The third-order valence-corrected chi connectivity index (χ3v) is 6.50. The van der Waals surface area contributed by atoms with E-state index < -0.39 is 12.2 Å². The Hall–Kier alpha value is -1.24. The normalized spacial score (nSPS) is 10.7. The molecule has 0 aromatic heterocycles. The maximum atomic E-state index is 11.8. The van der Waals surface area contributed by atoms with Gasteiger partial charge in [0, 0.05) is 18.4 Å². The number of carbonyl (C=O) groups is 2. The molecule has 0 aromatic carbocycles. The first-order chi connectivity index (χ1) is 17.1. The van der Waals surface area contributed by atoms with Crippen LogP contribution in [-0.4, -0.2) is 43.8 Å². The van der Waals surface area contributed by atoms with Crippen LogP contribution in [0.15, 0.2) is 12.2 Å². The van der Waals surface area contributed by atoms with Crippen molar-refractivity contribution in [2.75, 3.05) is 31.6 Å². The average molecular weight is 562 g/mol. The van der Waals surface area contributed by atoms with Crippen LogP contribution >= 0.6 is 15.9 Å². The summed E-state index contributed by atoms with van der Waals surface area (Å²) in [5.41, 5.74) is 0.540. The van der Waals surface area contributed by atoms with Gasteiger partial charge in [-0.3, -0.25) is 0 Å². The quantitative estimate of drug-likeness (QED) is 0.0666. The monoisotopic (exact) mass is 560 g/mol. The van der Waals surface area contributed by atoms with Gasteiger partial charge in [-0.1, -0.05) is 126 Å². The standard InChI is InChI=1S/C28H53BrN2O4/c1-3-4-5-6-7-8-9-10-11-12-13-14-15-16-17-19-22-30-27(32)34-24-26(2)25-35-28(33)31-23-20-18-21-29/h2-25H2,1H3,(H,30,32)(H,31,33). The highest BCUT2D eigenvalue weighted by molar-refractivity contribution is 9.09. The van der Waals surface area contributed by atoms with E-state index in [1.165, 1.54) is 89.9 Å².